The molecule has 7 nitrogen and oxygen atoms in total. The Labute approximate surface area is 164 Å². The normalized spacial score (nSPS) is 20.4. The van der Waals surface area contributed by atoms with E-state index in [4.69, 9.17) is 4.74 Å². The summed E-state index contributed by atoms with van der Waals surface area (Å²) in [5, 5.41) is 0. The van der Waals surface area contributed by atoms with Gasteiger partial charge in [0.2, 0.25) is 0 Å². The van der Waals surface area contributed by atoms with Crippen LogP contribution in [-0.2, 0) is 14.3 Å². The van der Waals surface area contributed by atoms with E-state index in [1.807, 2.05) is 6.92 Å². The number of amides is 3. The number of ether oxygens (including phenoxy) is 1. The maximum absolute atomic E-state index is 12.7. The Morgan fingerprint density at radius 2 is 1.71 bits per heavy atom. The number of hydrogen-bond donors (Lipinski definition) is 0. The molecule has 0 spiro atoms. The van der Waals surface area contributed by atoms with E-state index in [0.29, 0.717) is 6.54 Å². The molecule has 0 unspecified atom stereocenters. The van der Waals surface area contributed by atoms with E-state index >= 15 is 0 Å². The molecular weight excluding hydrogens is 360 g/mol. The van der Waals surface area contributed by atoms with Crippen molar-refractivity contribution in [2.75, 3.05) is 13.2 Å². The third kappa shape index (κ3) is 3.66. The standard InChI is InChI=1S/C21H26N2O5/c1-13(2)18(23-19(25)15-9-4-5-10-16(15)20(23)26)21(27)28-12-17(24)22-11-7-6-8-14(22)3/h4-5,9-10,13-14,18H,6-8,11-12H2,1-3H3/t14-,18+/m0/s1. The van der Waals surface area contributed by atoms with E-state index in [9.17, 15) is 19.2 Å². The van der Waals surface area contributed by atoms with Gasteiger partial charge in [-0.05, 0) is 44.2 Å². The van der Waals surface area contributed by atoms with Crippen LogP contribution in [0.4, 0.5) is 0 Å². The number of imide groups is 1. The van der Waals surface area contributed by atoms with Crippen molar-refractivity contribution in [2.24, 2.45) is 5.92 Å². The molecule has 2 aliphatic heterocycles. The first-order valence-corrected chi connectivity index (χ1v) is 9.76. The molecule has 2 aliphatic rings. The monoisotopic (exact) mass is 386 g/mol. The largest absolute Gasteiger partial charge is 0.454 e. The zero-order valence-electron chi connectivity index (χ0n) is 16.5. The molecule has 0 N–H and O–H groups in total. The second-order valence-corrected chi connectivity index (χ2v) is 7.75. The molecule has 2 atom stereocenters. The van der Waals surface area contributed by atoms with Crippen LogP contribution in [0.15, 0.2) is 24.3 Å². The summed E-state index contributed by atoms with van der Waals surface area (Å²) < 4.78 is 5.26. The van der Waals surface area contributed by atoms with Crippen molar-refractivity contribution in [3.8, 4) is 0 Å². The SMILES string of the molecule is CC(C)[C@H](C(=O)OCC(=O)N1CCCC[C@@H]1C)N1C(=O)c2ccccc2C1=O. The Hall–Kier alpha value is -2.70. The Morgan fingerprint density at radius 1 is 1.11 bits per heavy atom. The lowest BCUT2D eigenvalue weighted by molar-refractivity contribution is -0.157. The third-order valence-electron chi connectivity index (χ3n) is 5.44. The fraction of sp³-hybridized carbons (Fsp3) is 0.524. The smallest absolute Gasteiger partial charge is 0.330 e. The van der Waals surface area contributed by atoms with Gasteiger partial charge in [-0.15, -0.1) is 0 Å². The summed E-state index contributed by atoms with van der Waals surface area (Å²) in [6.07, 6.45) is 2.96. The molecular formula is C21H26N2O5. The Balaban J connectivity index is 1.71. The average Bonchev–Trinajstić information content (AvgIpc) is 2.92. The number of nitrogens with zero attached hydrogens (tertiary/aromatic N) is 2. The van der Waals surface area contributed by atoms with Gasteiger partial charge < -0.3 is 9.64 Å². The minimum atomic E-state index is -1.07. The van der Waals surface area contributed by atoms with Crippen molar-refractivity contribution in [3.05, 3.63) is 35.4 Å². The van der Waals surface area contributed by atoms with Crippen LogP contribution in [0, 0.1) is 5.92 Å². The number of carbonyl (C=O) groups excluding carboxylic acids is 4. The van der Waals surface area contributed by atoms with Crippen molar-refractivity contribution in [1.29, 1.82) is 0 Å². The summed E-state index contributed by atoms with van der Waals surface area (Å²) in [4.78, 5) is 53.3. The summed E-state index contributed by atoms with van der Waals surface area (Å²) in [5.74, 6) is -2.34. The van der Waals surface area contributed by atoms with Crippen LogP contribution in [-0.4, -0.2) is 58.7 Å². The number of fused-ring (bicyclic) bond motifs is 1. The zero-order valence-corrected chi connectivity index (χ0v) is 16.5. The van der Waals surface area contributed by atoms with Crippen LogP contribution in [0.2, 0.25) is 0 Å². The van der Waals surface area contributed by atoms with Crippen molar-refractivity contribution >= 4 is 23.7 Å². The average molecular weight is 386 g/mol. The molecule has 0 aromatic heterocycles. The zero-order chi connectivity index (χ0) is 20.4. The van der Waals surface area contributed by atoms with Crippen LogP contribution < -0.4 is 0 Å². The fourth-order valence-corrected chi connectivity index (χ4v) is 3.91. The van der Waals surface area contributed by atoms with Crippen molar-refractivity contribution < 1.29 is 23.9 Å². The topological polar surface area (TPSA) is 84.0 Å². The highest BCUT2D eigenvalue weighted by atomic mass is 16.5. The predicted octanol–water partition coefficient (Wildman–Crippen LogP) is 2.25. The first-order valence-electron chi connectivity index (χ1n) is 9.76. The third-order valence-corrected chi connectivity index (χ3v) is 5.44. The summed E-state index contributed by atoms with van der Waals surface area (Å²) in [7, 11) is 0. The Kier molecular flexibility index (Phi) is 5.82. The van der Waals surface area contributed by atoms with E-state index in [2.05, 4.69) is 0 Å². The highest BCUT2D eigenvalue weighted by Gasteiger charge is 2.44. The quantitative estimate of drug-likeness (QED) is 0.572. The highest BCUT2D eigenvalue weighted by molar-refractivity contribution is 6.22. The lowest BCUT2D eigenvalue weighted by atomic mass is 10.0. The molecule has 2 heterocycles. The molecule has 0 saturated carbocycles. The van der Waals surface area contributed by atoms with Crippen LogP contribution in [0.25, 0.3) is 0 Å². The molecule has 0 radical (unpaired) electrons. The van der Waals surface area contributed by atoms with Crippen LogP contribution in [0.3, 0.4) is 0 Å². The minimum absolute atomic E-state index is 0.122. The molecule has 0 bridgehead atoms. The van der Waals surface area contributed by atoms with Crippen LogP contribution in [0.1, 0.15) is 60.7 Å². The summed E-state index contributed by atoms with van der Waals surface area (Å²) in [6, 6.07) is 5.54. The molecule has 1 aromatic carbocycles. The number of benzene rings is 1. The summed E-state index contributed by atoms with van der Waals surface area (Å²) in [5.41, 5.74) is 0.563. The number of esters is 1. The number of piperidine rings is 1. The van der Waals surface area contributed by atoms with Crippen LogP contribution >= 0.6 is 0 Å². The van der Waals surface area contributed by atoms with Gasteiger partial charge in [0.1, 0.15) is 6.04 Å². The predicted molar refractivity (Wildman–Crippen MR) is 102 cm³/mol. The first kappa shape index (κ1) is 20.0. The van der Waals surface area contributed by atoms with Gasteiger partial charge in [0.25, 0.3) is 17.7 Å². The second-order valence-electron chi connectivity index (χ2n) is 7.75. The van der Waals surface area contributed by atoms with Gasteiger partial charge >= 0.3 is 5.97 Å². The van der Waals surface area contributed by atoms with Crippen LogP contribution in [0.5, 0.6) is 0 Å². The van der Waals surface area contributed by atoms with E-state index in [0.717, 1.165) is 24.2 Å². The number of hydrogen-bond acceptors (Lipinski definition) is 5. The fourth-order valence-electron chi connectivity index (χ4n) is 3.91. The molecule has 3 rings (SSSR count). The van der Waals surface area contributed by atoms with Gasteiger partial charge in [-0.1, -0.05) is 26.0 Å². The van der Waals surface area contributed by atoms with E-state index in [-0.39, 0.29) is 35.6 Å². The molecule has 1 aromatic rings. The van der Waals surface area contributed by atoms with Gasteiger partial charge in [-0.2, -0.15) is 0 Å². The van der Waals surface area contributed by atoms with Gasteiger partial charge in [0, 0.05) is 12.6 Å². The molecule has 1 saturated heterocycles. The molecule has 1 fully saturated rings. The molecule has 7 heteroatoms. The lowest BCUT2D eigenvalue weighted by Crippen LogP contribution is -2.50. The Bertz CT molecular complexity index is 769. The molecule has 3 amide bonds. The van der Waals surface area contributed by atoms with Crippen molar-refractivity contribution in [1.82, 2.24) is 9.80 Å². The molecule has 0 aliphatic carbocycles. The van der Waals surface area contributed by atoms with E-state index in [1.165, 1.54) is 0 Å². The molecule has 28 heavy (non-hydrogen) atoms. The first-order chi connectivity index (χ1) is 13.3. The Morgan fingerprint density at radius 3 is 2.25 bits per heavy atom. The molecule has 150 valence electrons. The van der Waals surface area contributed by atoms with Gasteiger partial charge in [-0.25, -0.2) is 4.79 Å². The summed E-state index contributed by atoms with van der Waals surface area (Å²) >= 11 is 0. The minimum Gasteiger partial charge on any atom is -0.454 e. The second kappa shape index (κ2) is 8.12. The van der Waals surface area contributed by atoms with Crippen molar-refractivity contribution in [2.45, 2.75) is 52.1 Å². The van der Waals surface area contributed by atoms with Gasteiger partial charge in [-0.3, -0.25) is 19.3 Å². The number of likely N-dealkylation sites (tertiary alicyclic amines) is 1. The number of rotatable bonds is 5. The van der Waals surface area contributed by atoms with E-state index < -0.39 is 23.8 Å². The maximum Gasteiger partial charge on any atom is 0.330 e. The van der Waals surface area contributed by atoms with Gasteiger partial charge in [0.05, 0.1) is 11.1 Å². The number of carbonyl (C=O) groups is 4. The van der Waals surface area contributed by atoms with E-state index in [1.54, 1.807) is 43.0 Å². The maximum atomic E-state index is 12.7. The van der Waals surface area contributed by atoms with Gasteiger partial charge in [0.15, 0.2) is 6.61 Å². The van der Waals surface area contributed by atoms with Crippen molar-refractivity contribution in [3.63, 3.8) is 0 Å². The lowest BCUT2D eigenvalue weighted by Gasteiger charge is -2.33. The summed E-state index contributed by atoms with van der Waals surface area (Å²) in [6.45, 7) is 5.74. The highest BCUT2D eigenvalue weighted by Crippen LogP contribution is 2.27.